The number of pyridine rings is 2. The van der Waals surface area contributed by atoms with Gasteiger partial charge in [-0.2, -0.15) is 14.9 Å². The van der Waals surface area contributed by atoms with Gasteiger partial charge >= 0.3 is 11.9 Å². The van der Waals surface area contributed by atoms with Crippen molar-refractivity contribution in [2.24, 2.45) is 136 Å². The topological polar surface area (TPSA) is 265 Å². The standard InChI is InChI=1S/C44H67N5O5.C44H67N5O4/c1-27(2)28(3)39(7)18-19-41(9)30-14-15-33-40(8)23-53-25-44(33,31(30)16-17-42(41,10)34(39)37(50)51)21-32(35(40)54-24-43(11,45)38(4,5)6)49-36(46-26-47-49)29-13-12-20-48(52)22-29;1-27(2)28(3)39(7)18-19-41(9)30-14-15-33-40(8)23-52-25-44(33,31(30)16-17-42(41,10)34(39)37(50)51)21-32(35(40)53-24-43(11,45)38(4,5)6)49-36(47-26-48-49)29-13-12-20-46-22-29/h12-13,16,20,22,26-28,30,32-35H,14-15,17-19,21,23-25,45H2,1-11H3,(H,50,51);12-13,16,20,22,26-28,30,32-35H,14-15,17-19,21,23-25,45H2,1-11H3,(H,50,51)/t2*28-,30+,32-,33+,34-,35+,39-,40-,41-,42+,43+,44+/m11/s1. The number of allylic oxidation sites excluding steroid dienone is 2. The second-order valence-electron chi connectivity index (χ2n) is 41.8. The maximum absolute atomic E-state index is 13.6. The van der Waals surface area contributed by atoms with E-state index in [0.29, 0.717) is 80.6 Å². The molecule has 0 amide bonds. The summed E-state index contributed by atoms with van der Waals surface area (Å²) in [6, 6.07) is 7.32. The number of aliphatic carboxylic acids is 2. The van der Waals surface area contributed by atoms with Gasteiger partial charge in [-0.15, -0.1) is 0 Å². The van der Waals surface area contributed by atoms with E-state index in [1.807, 2.05) is 29.1 Å². The molecule has 590 valence electrons. The maximum Gasteiger partial charge on any atom is 0.307 e. The van der Waals surface area contributed by atoms with Gasteiger partial charge in [0.05, 0.1) is 81.3 Å². The fraction of sp³-hybridized carbons (Fsp3) is 0.773. The van der Waals surface area contributed by atoms with Gasteiger partial charge < -0.3 is 45.8 Å². The third-order valence-corrected chi connectivity index (χ3v) is 34.5. The molecule has 2 saturated heterocycles. The van der Waals surface area contributed by atoms with E-state index in [-0.39, 0.29) is 102 Å². The average molecular weight is 1480 g/mol. The Balaban J connectivity index is 0.000000189. The van der Waals surface area contributed by atoms with E-state index in [9.17, 15) is 25.0 Å². The predicted molar refractivity (Wildman–Crippen MR) is 416 cm³/mol. The molecule has 14 rings (SSSR count). The van der Waals surface area contributed by atoms with Gasteiger partial charge in [0.1, 0.15) is 12.7 Å². The normalized spacial score (nSPS) is 41.1. The largest absolute Gasteiger partial charge is 0.619 e. The van der Waals surface area contributed by atoms with Crippen LogP contribution in [0, 0.1) is 129 Å². The van der Waals surface area contributed by atoms with Gasteiger partial charge in [-0.1, -0.05) is 162 Å². The number of fused-ring (bicyclic) bond motifs is 6. The van der Waals surface area contributed by atoms with Crippen LogP contribution in [0.4, 0.5) is 0 Å². The highest BCUT2D eigenvalue weighted by Crippen LogP contribution is 2.78. The Bertz CT molecular complexity index is 4040. The number of carbonyl (C=O) groups is 2. The lowest BCUT2D eigenvalue weighted by Gasteiger charge is -2.71. The molecule has 0 unspecified atom stereocenters. The Hall–Kier alpha value is -5.44. The summed E-state index contributed by atoms with van der Waals surface area (Å²) in [7, 11) is 0. The molecule has 6 heterocycles. The number of ether oxygens (including phenoxy) is 4. The van der Waals surface area contributed by atoms with E-state index in [1.54, 1.807) is 31.1 Å². The molecule has 2 aliphatic heterocycles. The number of hydrogen-bond donors (Lipinski definition) is 4. The first-order valence-corrected chi connectivity index (χ1v) is 41.0. The fourth-order valence-electron chi connectivity index (χ4n) is 25.7. The molecular weight excluding hydrogens is 1340 g/mol. The summed E-state index contributed by atoms with van der Waals surface area (Å²) in [4.78, 5) is 41.1. The number of rotatable bonds is 16. The molecule has 4 aromatic rings. The Morgan fingerprint density at radius 3 is 1.38 bits per heavy atom. The summed E-state index contributed by atoms with van der Waals surface area (Å²) in [6.45, 7) is 52.8. The van der Waals surface area contributed by atoms with Crippen molar-refractivity contribution in [2.75, 3.05) is 39.6 Å². The zero-order valence-electron chi connectivity index (χ0n) is 69.2. The van der Waals surface area contributed by atoms with Crippen LogP contribution in [0.25, 0.3) is 22.8 Å². The Labute approximate surface area is 639 Å². The molecule has 19 heteroatoms. The number of aromatic nitrogens is 8. The third kappa shape index (κ3) is 11.9. The maximum atomic E-state index is 13.6. The van der Waals surface area contributed by atoms with E-state index in [1.165, 1.54) is 17.3 Å². The van der Waals surface area contributed by atoms with Crippen molar-refractivity contribution in [3.8, 4) is 22.8 Å². The van der Waals surface area contributed by atoms with Crippen LogP contribution in [0.1, 0.15) is 241 Å². The minimum absolute atomic E-state index is 0.123. The minimum atomic E-state index is -0.644. The van der Waals surface area contributed by atoms with Gasteiger partial charge in [-0.3, -0.25) is 14.6 Å². The quantitative estimate of drug-likeness (QED) is 0.0461. The highest BCUT2D eigenvalue weighted by molar-refractivity contribution is 5.74. The van der Waals surface area contributed by atoms with Crippen LogP contribution in [-0.4, -0.2) is 120 Å². The molecule has 0 radical (unpaired) electrons. The van der Waals surface area contributed by atoms with Crippen LogP contribution < -0.4 is 16.2 Å². The average Bonchev–Trinajstić information content (AvgIpc) is 1.66. The summed E-state index contributed by atoms with van der Waals surface area (Å²) >= 11 is 0. The highest BCUT2D eigenvalue weighted by atomic mass is 16.5. The number of carboxylic acids is 2. The van der Waals surface area contributed by atoms with Crippen molar-refractivity contribution in [3.05, 3.63) is 90.2 Å². The first kappa shape index (κ1) is 79.6. The highest BCUT2D eigenvalue weighted by Gasteiger charge is 2.75. The molecule has 6 saturated carbocycles. The summed E-state index contributed by atoms with van der Waals surface area (Å²) in [6.07, 6.45) is 25.6. The third-order valence-electron chi connectivity index (χ3n) is 34.5. The smallest absolute Gasteiger partial charge is 0.307 e. The first-order valence-electron chi connectivity index (χ1n) is 41.0. The molecule has 24 atom stereocenters. The van der Waals surface area contributed by atoms with Crippen molar-refractivity contribution in [1.82, 2.24) is 34.5 Å². The van der Waals surface area contributed by atoms with Gasteiger partial charge in [0.2, 0.25) is 0 Å². The van der Waals surface area contributed by atoms with E-state index >= 15 is 0 Å². The molecule has 107 heavy (non-hydrogen) atoms. The number of nitrogens with zero attached hydrogens (tertiary/aromatic N) is 8. The number of nitrogens with two attached hydrogens (primary N) is 2. The zero-order chi connectivity index (χ0) is 78.0. The number of hydrogen-bond acceptors (Lipinski definition) is 14. The molecule has 10 aliphatic rings. The van der Waals surface area contributed by atoms with Crippen molar-refractivity contribution in [3.63, 3.8) is 0 Å². The van der Waals surface area contributed by atoms with Crippen molar-refractivity contribution < 1.29 is 43.5 Å². The molecule has 19 nitrogen and oxygen atoms in total. The predicted octanol–water partition coefficient (Wildman–Crippen LogP) is 16.5. The van der Waals surface area contributed by atoms with Crippen molar-refractivity contribution in [2.45, 2.75) is 265 Å². The molecule has 4 bridgehead atoms. The molecule has 8 fully saturated rings. The molecular formula is C88H134N10O9. The van der Waals surface area contributed by atoms with E-state index < -0.39 is 40.3 Å². The summed E-state index contributed by atoms with van der Waals surface area (Å²) in [5, 5.41) is 44.7. The first-order chi connectivity index (χ1) is 49.8. The number of carboxylic acid groups (broad SMARTS) is 2. The summed E-state index contributed by atoms with van der Waals surface area (Å²) < 4.78 is 32.9. The minimum Gasteiger partial charge on any atom is -0.619 e. The Morgan fingerprint density at radius 2 is 1.01 bits per heavy atom. The van der Waals surface area contributed by atoms with Crippen LogP contribution in [0.3, 0.4) is 0 Å². The van der Waals surface area contributed by atoms with Gasteiger partial charge in [-0.05, 0) is 200 Å². The van der Waals surface area contributed by atoms with Crippen molar-refractivity contribution in [1.29, 1.82) is 0 Å². The molecule has 0 aromatic carbocycles. The van der Waals surface area contributed by atoms with Gasteiger partial charge in [0.15, 0.2) is 24.0 Å². The SMILES string of the molecule is CC(C)[C@@H](C)[C@@]1(C)CC[C@]2(C)[C@H]3CC[C@@H]4[C@@]5(COC[C@@]4(C)[C@@H](OC[C@](C)(N)C(C)(C)C)[C@H](n4ncnc4-c4ccc[n+]([O-])c4)C5)C3=CC[C@@]2(C)[C@@H]1C(=O)O.CC(C)[C@@H](C)[C@@]1(C)CC[C@]2(C)[C@H]3CC[C@@H]4[C@@]5(COC[C@@]4(C)[C@@H](OC[C@](C)(N)C(C)(C)C)[C@H](n4ncnc4-c4cccnc4)C5)C3=CC[C@@]2(C)[C@@H]1C(=O)O. The summed E-state index contributed by atoms with van der Waals surface area (Å²) in [5.74, 6) is 1.87. The summed E-state index contributed by atoms with van der Waals surface area (Å²) in [5.41, 5.74) is 14.2. The lowest BCUT2D eigenvalue weighted by Crippen LogP contribution is -2.69. The van der Waals surface area contributed by atoms with Crippen LogP contribution in [0.15, 0.2) is 85.0 Å². The second kappa shape index (κ2) is 26.9. The lowest BCUT2D eigenvalue weighted by molar-refractivity contribution is -0.604. The van der Waals surface area contributed by atoms with E-state index in [2.05, 4.69) is 174 Å². The molecule has 6 N–H and O–H groups in total. The molecule has 8 aliphatic carbocycles. The Morgan fingerprint density at radius 1 is 0.598 bits per heavy atom. The van der Waals surface area contributed by atoms with Crippen LogP contribution in [0.2, 0.25) is 0 Å². The zero-order valence-corrected chi connectivity index (χ0v) is 69.2. The van der Waals surface area contributed by atoms with Crippen LogP contribution in [-0.2, 0) is 28.5 Å². The van der Waals surface area contributed by atoms with Gasteiger partial charge in [0.25, 0.3) is 0 Å². The lowest BCUT2D eigenvalue weighted by atomic mass is 9.34. The molecule has 0 spiro atoms. The molecule has 4 aromatic heterocycles. The van der Waals surface area contributed by atoms with Crippen LogP contribution >= 0.6 is 0 Å². The fourth-order valence-corrected chi connectivity index (χ4v) is 25.7. The monoisotopic (exact) mass is 1480 g/mol. The van der Waals surface area contributed by atoms with E-state index in [4.69, 9.17) is 50.6 Å². The van der Waals surface area contributed by atoms with Gasteiger partial charge in [-0.25, -0.2) is 19.3 Å². The van der Waals surface area contributed by atoms with Crippen molar-refractivity contribution >= 4 is 11.9 Å². The van der Waals surface area contributed by atoms with Gasteiger partial charge in [0, 0.05) is 56.8 Å². The van der Waals surface area contributed by atoms with Crippen LogP contribution in [0.5, 0.6) is 0 Å². The Kier molecular flexibility index (Phi) is 20.0. The second-order valence-corrected chi connectivity index (χ2v) is 41.8. The van der Waals surface area contributed by atoms with E-state index in [0.717, 1.165) is 93.2 Å².